The van der Waals surface area contributed by atoms with Crippen LogP contribution in [0.5, 0.6) is 5.75 Å². The number of amides is 2. The van der Waals surface area contributed by atoms with Gasteiger partial charge in [0.15, 0.2) is 0 Å². The molecule has 0 fully saturated rings. The average Bonchev–Trinajstić information content (AvgIpc) is 2.66. The molecule has 2 aromatic carbocycles. The van der Waals surface area contributed by atoms with E-state index in [0.29, 0.717) is 42.8 Å². The number of anilines is 1. The van der Waals surface area contributed by atoms with Crippen LogP contribution in [-0.4, -0.2) is 30.3 Å². The normalized spacial score (nSPS) is 10.1. The number of rotatable bonds is 8. The summed E-state index contributed by atoms with van der Waals surface area (Å²) in [6, 6.07) is 14.0. The van der Waals surface area contributed by atoms with Gasteiger partial charge in [-0.2, -0.15) is 0 Å². The van der Waals surface area contributed by atoms with Gasteiger partial charge in [0.1, 0.15) is 5.75 Å². The lowest BCUT2D eigenvalue weighted by Gasteiger charge is -2.11. The molecule has 6 heteroatoms. The number of carbonyl (C=O) groups is 2. The number of hydrogen-bond acceptors (Lipinski definition) is 4. The van der Waals surface area contributed by atoms with Crippen molar-refractivity contribution in [3.63, 3.8) is 0 Å². The molecule has 0 aliphatic heterocycles. The highest BCUT2D eigenvalue weighted by Gasteiger charge is 2.08. The molecule has 0 radical (unpaired) electrons. The highest BCUT2D eigenvalue weighted by atomic mass is 16.5. The van der Waals surface area contributed by atoms with Gasteiger partial charge in [0.25, 0.3) is 0 Å². The molecular formula is C21H24N2O4. The fraction of sp³-hybridized carbons (Fsp3) is 0.238. The van der Waals surface area contributed by atoms with Gasteiger partial charge in [-0.25, -0.2) is 9.59 Å². The van der Waals surface area contributed by atoms with Crippen LogP contribution >= 0.6 is 0 Å². The molecule has 2 rings (SSSR count). The first-order valence-corrected chi connectivity index (χ1v) is 8.73. The van der Waals surface area contributed by atoms with Crippen molar-refractivity contribution in [2.24, 2.45) is 0 Å². The minimum absolute atomic E-state index is 0.150. The van der Waals surface area contributed by atoms with Crippen LogP contribution in [0.2, 0.25) is 0 Å². The van der Waals surface area contributed by atoms with Crippen LogP contribution in [0.1, 0.15) is 19.8 Å². The first kappa shape index (κ1) is 20.0. The van der Waals surface area contributed by atoms with E-state index in [-0.39, 0.29) is 11.8 Å². The lowest BCUT2D eigenvalue weighted by molar-refractivity contribution is -0.139. The second-order valence-electron chi connectivity index (χ2n) is 6.10. The molecule has 6 nitrogen and oxygen atoms in total. The van der Waals surface area contributed by atoms with E-state index in [2.05, 4.69) is 17.2 Å². The minimum Gasteiger partial charge on any atom is -0.507 e. The maximum absolute atomic E-state index is 12.0. The van der Waals surface area contributed by atoms with Crippen LogP contribution in [0.15, 0.2) is 60.7 Å². The number of carbonyl (C=O) groups excluding carboxylic acids is 2. The van der Waals surface area contributed by atoms with Gasteiger partial charge in [-0.15, -0.1) is 0 Å². The number of nitrogens with one attached hydrogen (secondary N) is 2. The Labute approximate surface area is 158 Å². The van der Waals surface area contributed by atoms with Gasteiger partial charge in [0.2, 0.25) is 0 Å². The lowest BCUT2D eigenvalue weighted by atomic mass is 10.0. The van der Waals surface area contributed by atoms with E-state index in [4.69, 9.17) is 4.74 Å². The highest BCUT2D eigenvalue weighted by molar-refractivity contribution is 5.90. The van der Waals surface area contributed by atoms with Gasteiger partial charge in [-0.1, -0.05) is 36.9 Å². The second kappa shape index (κ2) is 10.0. The first-order valence-electron chi connectivity index (χ1n) is 8.73. The van der Waals surface area contributed by atoms with E-state index < -0.39 is 5.97 Å². The number of benzene rings is 2. The fourth-order valence-corrected chi connectivity index (χ4v) is 2.36. The summed E-state index contributed by atoms with van der Waals surface area (Å²) in [6.45, 7) is 5.86. The largest absolute Gasteiger partial charge is 0.507 e. The van der Waals surface area contributed by atoms with E-state index in [1.807, 2.05) is 30.3 Å². The van der Waals surface area contributed by atoms with Crippen molar-refractivity contribution in [1.82, 2.24) is 5.32 Å². The smallest absolute Gasteiger partial charge is 0.333 e. The van der Waals surface area contributed by atoms with E-state index in [1.165, 1.54) is 0 Å². The lowest BCUT2D eigenvalue weighted by Crippen LogP contribution is -2.29. The summed E-state index contributed by atoms with van der Waals surface area (Å²) >= 11 is 0. The summed E-state index contributed by atoms with van der Waals surface area (Å²) in [7, 11) is 0. The molecule has 0 unspecified atom stereocenters. The van der Waals surface area contributed by atoms with Crippen LogP contribution in [0.3, 0.4) is 0 Å². The molecule has 0 saturated carbocycles. The average molecular weight is 368 g/mol. The molecule has 0 aliphatic rings. The van der Waals surface area contributed by atoms with Crippen molar-refractivity contribution in [1.29, 1.82) is 0 Å². The Balaban J connectivity index is 1.78. The molecule has 2 aromatic rings. The number of ether oxygens (including phenoxy) is 1. The van der Waals surface area contributed by atoms with Crippen LogP contribution in [0, 0.1) is 0 Å². The molecule has 0 spiro atoms. The van der Waals surface area contributed by atoms with E-state index in [0.717, 1.165) is 5.56 Å². The van der Waals surface area contributed by atoms with E-state index in [9.17, 15) is 14.7 Å². The van der Waals surface area contributed by atoms with Gasteiger partial charge < -0.3 is 20.5 Å². The number of urea groups is 1. The molecule has 142 valence electrons. The molecular weight excluding hydrogens is 344 g/mol. The van der Waals surface area contributed by atoms with Crippen LogP contribution in [0.25, 0.3) is 11.1 Å². The molecule has 0 aliphatic carbocycles. The fourth-order valence-electron chi connectivity index (χ4n) is 2.36. The van der Waals surface area contributed by atoms with Gasteiger partial charge in [-0.3, -0.25) is 0 Å². The number of esters is 1. The third-order valence-corrected chi connectivity index (χ3v) is 3.78. The Hall–Kier alpha value is -3.28. The summed E-state index contributed by atoms with van der Waals surface area (Å²) in [5.74, 6) is -0.251. The molecule has 0 heterocycles. The Morgan fingerprint density at radius 1 is 1.11 bits per heavy atom. The summed E-state index contributed by atoms with van der Waals surface area (Å²) in [6.07, 6.45) is 1.33. The van der Waals surface area contributed by atoms with Gasteiger partial charge in [0, 0.05) is 23.4 Å². The maximum Gasteiger partial charge on any atom is 0.333 e. The number of unbranched alkanes of at least 4 members (excludes halogenated alkanes) is 1. The number of aromatic hydroxyl groups is 1. The zero-order valence-corrected chi connectivity index (χ0v) is 15.3. The molecule has 0 bridgehead atoms. The predicted molar refractivity (Wildman–Crippen MR) is 106 cm³/mol. The minimum atomic E-state index is -0.401. The van der Waals surface area contributed by atoms with Crippen molar-refractivity contribution in [2.45, 2.75) is 19.8 Å². The van der Waals surface area contributed by atoms with Gasteiger partial charge >= 0.3 is 12.0 Å². The number of phenolic OH excluding ortho intramolecular Hbond substituents is 1. The summed E-state index contributed by atoms with van der Waals surface area (Å²) in [4.78, 5) is 23.2. The van der Waals surface area contributed by atoms with Gasteiger partial charge in [-0.05, 0) is 43.5 Å². The molecule has 0 saturated heterocycles. The predicted octanol–water partition coefficient (Wildman–Crippen LogP) is 4.08. The summed E-state index contributed by atoms with van der Waals surface area (Å²) in [5, 5.41) is 15.5. The van der Waals surface area contributed by atoms with Crippen molar-refractivity contribution >= 4 is 17.7 Å². The molecule has 0 aromatic heterocycles. The van der Waals surface area contributed by atoms with Crippen molar-refractivity contribution < 1.29 is 19.4 Å². The molecule has 0 atom stereocenters. The van der Waals surface area contributed by atoms with E-state index in [1.54, 1.807) is 25.1 Å². The molecule has 3 N–H and O–H groups in total. The highest BCUT2D eigenvalue weighted by Crippen LogP contribution is 2.31. The van der Waals surface area contributed by atoms with Crippen LogP contribution in [0.4, 0.5) is 10.5 Å². The van der Waals surface area contributed by atoms with Gasteiger partial charge in [0.05, 0.1) is 6.61 Å². The number of phenols is 1. The Kier molecular flexibility index (Phi) is 7.43. The Morgan fingerprint density at radius 2 is 1.85 bits per heavy atom. The topological polar surface area (TPSA) is 87.7 Å². The van der Waals surface area contributed by atoms with E-state index >= 15 is 0 Å². The van der Waals surface area contributed by atoms with Crippen LogP contribution in [-0.2, 0) is 9.53 Å². The zero-order chi connectivity index (χ0) is 19.6. The summed E-state index contributed by atoms with van der Waals surface area (Å²) in [5.41, 5.74) is 2.46. The van der Waals surface area contributed by atoms with Crippen molar-refractivity contribution in [2.75, 3.05) is 18.5 Å². The Bertz CT molecular complexity index is 803. The summed E-state index contributed by atoms with van der Waals surface area (Å²) < 4.78 is 4.98. The third kappa shape index (κ3) is 6.51. The quantitative estimate of drug-likeness (QED) is 0.284. The van der Waals surface area contributed by atoms with Crippen LogP contribution < -0.4 is 10.6 Å². The molecule has 27 heavy (non-hydrogen) atoms. The molecule has 2 amide bonds. The van der Waals surface area contributed by atoms with Crippen molar-refractivity contribution in [3.05, 3.63) is 60.7 Å². The number of hydrogen-bond donors (Lipinski definition) is 3. The zero-order valence-electron chi connectivity index (χ0n) is 15.3. The monoisotopic (exact) mass is 368 g/mol. The maximum atomic E-state index is 12.0. The SMILES string of the molecule is C=C(C)C(=O)OCCCCNC(=O)Nc1ccc(O)c(-c2ccccc2)c1. The standard InChI is InChI=1S/C21H24N2O4/c1-15(2)20(25)27-13-7-6-12-22-21(26)23-17-10-11-19(24)18(14-17)16-8-4-3-5-9-16/h3-5,8-11,14,24H,1,6-7,12-13H2,2H3,(H2,22,23,26). The van der Waals surface area contributed by atoms with Crippen molar-refractivity contribution in [3.8, 4) is 16.9 Å². The Morgan fingerprint density at radius 3 is 2.56 bits per heavy atom. The third-order valence-electron chi connectivity index (χ3n) is 3.78. The second-order valence-corrected chi connectivity index (χ2v) is 6.10. The first-order chi connectivity index (χ1) is 13.0.